The van der Waals surface area contributed by atoms with E-state index >= 15 is 0 Å². The summed E-state index contributed by atoms with van der Waals surface area (Å²) in [5, 5.41) is 12.3. The summed E-state index contributed by atoms with van der Waals surface area (Å²) in [6, 6.07) is 10.6. The minimum absolute atomic E-state index is 0.280. The van der Waals surface area contributed by atoms with Crippen LogP contribution in [-0.4, -0.2) is 47.4 Å². The molecule has 0 spiro atoms. The monoisotopic (exact) mass is 332 g/mol. The summed E-state index contributed by atoms with van der Waals surface area (Å²) in [5.74, 6) is 0.480. The van der Waals surface area contributed by atoms with Gasteiger partial charge >= 0.3 is 6.09 Å². The lowest BCUT2D eigenvalue weighted by Gasteiger charge is -2.35. The first kappa shape index (κ1) is 17.0. The van der Waals surface area contributed by atoms with E-state index in [1.54, 1.807) is 0 Å². The first-order valence-electron chi connectivity index (χ1n) is 8.60. The summed E-state index contributed by atoms with van der Waals surface area (Å²) >= 11 is 0. The smallest absolute Gasteiger partial charge is 0.407 e. The van der Waals surface area contributed by atoms with E-state index in [9.17, 15) is 9.18 Å². The molecule has 1 saturated carbocycles. The van der Waals surface area contributed by atoms with Crippen LogP contribution < -0.4 is 5.32 Å². The van der Waals surface area contributed by atoms with Gasteiger partial charge in [0.05, 0.1) is 0 Å². The van der Waals surface area contributed by atoms with Crippen LogP contribution in [-0.2, 0) is 0 Å². The Balaban J connectivity index is 1.46. The molecule has 1 amide bonds. The number of hydrogen-bond acceptors (Lipinski definition) is 2. The van der Waals surface area contributed by atoms with Crippen molar-refractivity contribution in [2.45, 2.75) is 37.9 Å². The standard InChI is InChI=1S/C19H25FN2O2/c1-14(11-15-5-3-2-4-6-15)16-12-17(16)21-13-19(20)7-9-22(10-8-19)18(23)24/h2-6,11,16-17,21H,7-10,12-13H2,1H3,(H,23,24)/b14-11+. The van der Waals surface area contributed by atoms with Gasteiger partial charge in [0.2, 0.25) is 0 Å². The number of carboxylic acid groups (broad SMARTS) is 1. The number of nitrogens with zero attached hydrogens (tertiary/aromatic N) is 1. The zero-order chi connectivity index (χ0) is 17.2. The molecule has 2 aliphatic rings. The minimum Gasteiger partial charge on any atom is -0.465 e. The Morgan fingerprint density at radius 3 is 2.67 bits per heavy atom. The van der Waals surface area contributed by atoms with E-state index in [0.29, 0.717) is 18.5 Å². The normalized spacial score (nSPS) is 26.2. The van der Waals surface area contributed by atoms with Crippen LogP contribution >= 0.6 is 0 Å². The van der Waals surface area contributed by atoms with Crippen molar-refractivity contribution < 1.29 is 14.3 Å². The quantitative estimate of drug-likeness (QED) is 0.867. The van der Waals surface area contributed by atoms with Crippen LogP contribution in [0.25, 0.3) is 6.08 Å². The zero-order valence-corrected chi connectivity index (χ0v) is 14.0. The first-order chi connectivity index (χ1) is 11.5. The Bertz CT molecular complexity index is 609. The van der Waals surface area contributed by atoms with E-state index in [4.69, 9.17) is 5.11 Å². The van der Waals surface area contributed by atoms with Crippen molar-refractivity contribution >= 4 is 12.2 Å². The highest BCUT2D eigenvalue weighted by molar-refractivity contribution is 5.65. The second kappa shape index (κ2) is 6.93. The highest BCUT2D eigenvalue weighted by Gasteiger charge is 2.41. The molecule has 2 atom stereocenters. The van der Waals surface area contributed by atoms with Crippen molar-refractivity contribution in [1.29, 1.82) is 0 Å². The fourth-order valence-electron chi connectivity index (χ4n) is 3.43. The zero-order valence-electron chi connectivity index (χ0n) is 14.0. The number of alkyl halides is 1. The summed E-state index contributed by atoms with van der Waals surface area (Å²) < 4.78 is 14.8. The van der Waals surface area contributed by atoms with Crippen LogP contribution in [0.15, 0.2) is 35.9 Å². The third kappa shape index (κ3) is 4.15. The van der Waals surface area contributed by atoms with Gasteiger partial charge in [0.1, 0.15) is 5.67 Å². The lowest BCUT2D eigenvalue weighted by Crippen LogP contribution is -2.49. The maximum atomic E-state index is 14.8. The average molecular weight is 332 g/mol. The molecule has 5 heteroatoms. The number of benzene rings is 1. The van der Waals surface area contributed by atoms with Crippen molar-refractivity contribution in [2.75, 3.05) is 19.6 Å². The van der Waals surface area contributed by atoms with Gasteiger partial charge in [-0.3, -0.25) is 0 Å². The summed E-state index contributed by atoms with van der Waals surface area (Å²) in [6.45, 7) is 3.03. The second-order valence-corrected chi connectivity index (χ2v) is 7.05. The molecule has 2 unspecified atom stereocenters. The third-order valence-corrected chi connectivity index (χ3v) is 5.18. The lowest BCUT2D eigenvalue weighted by molar-refractivity contribution is 0.0565. The van der Waals surface area contributed by atoms with Crippen LogP contribution in [0, 0.1) is 5.92 Å². The van der Waals surface area contributed by atoms with Crippen LogP contribution in [0.5, 0.6) is 0 Å². The maximum Gasteiger partial charge on any atom is 0.407 e. The van der Waals surface area contributed by atoms with Crippen LogP contribution in [0.4, 0.5) is 9.18 Å². The van der Waals surface area contributed by atoms with Crippen LogP contribution in [0.1, 0.15) is 31.7 Å². The summed E-state index contributed by atoms with van der Waals surface area (Å²) in [6.07, 6.45) is 2.86. The molecule has 24 heavy (non-hydrogen) atoms. The van der Waals surface area contributed by atoms with Gasteiger partial charge in [-0.15, -0.1) is 0 Å². The van der Waals surface area contributed by atoms with E-state index < -0.39 is 11.8 Å². The number of nitrogens with one attached hydrogen (secondary N) is 1. The molecule has 1 aromatic rings. The molecule has 130 valence electrons. The molecule has 4 nitrogen and oxygen atoms in total. The molecule has 2 N–H and O–H groups in total. The second-order valence-electron chi connectivity index (χ2n) is 7.05. The van der Waals surface area contributed by atoms with Gasteiger partial charge in [0.25, 0.3) is 0 Å². The molecular formula is C19H25FN2O2. The largest absolute Gasteiger partial charge is 0.465 e. The summed E-state index contributed by atoms with van der Waals surface area (Å²) in [4.78, 5) is 12.2. The highest BCUT2D eigenvalue weighted by atomic mass is 19.1. The molecule has 1 heterocycles. The average Bonchev–Trinajstić information content (AvgIpc) is 3.34. The van der Waals surface area contributed by atoms with Crippen molar-refractivity contribution in [2.24, 2.45) is 5.92 Å². The van der Waals surface area contributed by atoms with Gasteiger partial charge < -0.3 is 15.3 Å². The van der Waals surface area contributed by atoms with Gasteiger partial charge in [-0.25, -0.2) is 9.18 Å². The van der Waals surface area contributed by atoms with Gasteiger partial charge in [0.15, 0.2) is 0 Å². The predicted molar refractivity (Wildman–Crippen MR) is 92.7 cm³/mol. The number of rotatable bonds is 5. The summed E-state index contributed by atoms with van der Waals surface area (Å²) in [5.41, 5.74) is 1.24. The minimum atomic E-state index is -1.28. The Hall–Kier alpha value is -1.88. The van der Waals surface area contributed by atoms with E-state index in [1.807, 2.05) is 18.2 Å². The molecule has 2 fully saturated rings. The number of amides is 1. The number of carbonyl (C=O) groups is 1. The first-order valence-corrected chi connectivity index (χ1v) is 8.60. The molecule has 0 aromatic heterocycles. The van der Waals surface area contributed by atoms with E-state index in [2.05, 4.69) is 30.4 Å². The molecule has 0 radical (unpaired) electrons. The van der Waals surface area contributed by atoms with Crippen molar-refractivity contribution in [3.63, 3.8) is 0 Å². The van der Waals surface area contributed by atoms with Crippen molar-refractivity contribution in [3.05, 3.63) is 41.5 Å². The topological polar surface area (TPSA) is 52.6 Å². The molecule has 3 rings (SSSR count). The number of piperidine rings is 1. The Morgan fingerprint density at radius 2 is 2.04 bits per heavy atom. The highest BCUT2D eigenvalue weighted by Crippen LogP contribution is 2.38. The van der Waals surface area contributed by atoms with E-state index in [0.717, 1.165) is 6.42 Å². The van der Waals surface area contributed by atoms with Crippen LogP contribution in [0.3, 0.4) is 0 Å². The lowest BCUT2D eigenvalue weighted by atomic mass is 9.93. The van der Waals surface area contributed by atoms with E-state index in [-0.39, 0.29) is 25.9 Å². The van der Waals surface area contributed by atoms with E-state index in [1.165, 1.54) is 16.0 Å². The summed E-state index contributed by atoms with van der Waals surface area (Å²) in [7, 11) is 0. The Morgan fingerprint density at radius 1 is 1.38 bits per heavy atom. The molecule has 1 aliphatic carbocycles. The van der Waals surface area contributed by atoms with Gasteiger partial charge in [-0.05, 0) is 24.8 Å². The van der Waals surface area contributed by atoms with Gasteiger partial charge in [0, 0.05) is 38.5 Å². The maximum absolute atomic E-state index is 14.8. The third-order valence-electron chi connectivity index (χ3n) is 5.18. The Kier molecular flexibility index (Phi) is 4.90. The molecule has 1 aromatic carbocycles. The fraction of sp³-hybridized carbons (Fsp3) is 0.526. The van der Waals surface area contributed by atoms with Crippen molar-refractivity contribution in [3.8, 4) is 0 Å². The van der Waals surface area contributed by atoms with Crippen LogP contribution in [0.2, 0.25) is 0 Å². The number of hydrogen-bond donors (Lipinski definition) is 2. The van der Waals surface area contributed by atoms with Gasteiger partial charge in [-0.1, -0.05) is 42.0 Å². The van der Waals surface area contributed by atoms with Gasteiger partial charge in [-0.2, -0.15) is 0 Å². The number of likely N-dealkylation sites (tertiary alicyclic amines) is 1. The molecular weight excluding hydrogens is 307 g/mol. The molecule has 1 saturated heterocycles. The SMILES string of the molecule is C/C(=C\c1ccccc1)C1CC1NCC1(F)CCN(C(=O)O)CC1. The van der Waals surface area contributed by atoms with Crippen molar-refractivity contribution in [1.82, 2.24) is 10.2 Å². The molecule has 1 aliphatic heterocycles. The predicted octanol–water partition coefficient (Wildman–Crippen LogP) is 3.55. The fourth-order valence-corrected chi connectivity index (χ4v) is 3.43. The Labute approximate surface area is 142 Å². The number of halogens is 1. The molecule has 0 bridgehead atoms.